The maximum Gasteiger partial charge on any atom is 0.372 e. The normalized spacial score (nSPS) is 9.93. The summed E-state index contributed by atoms with van der Waals surface area (Å²) in [4.78, 5) is 21.4. The number of aromatic carboxylic acids is 1. The maximum atomic E-state index is 10.8. The molecule has 0 bridgehead atoms. The van der Waals surface area contributed by atoms with Crippen molar-refractivity contribution in [3.8, 4) is 0 Å². The van der Waals surface area contributed by atoms with Gasteiger partial charge in [-0.05, 0) is 6.07 Å². The molecule has 1 aromatic heterocycles. The van der Waals surface area contributed by atoms with Gasteiger partial charge in [-0.15, -0.1) is 11.8 Å². The van der Waals surface area contributed by atoms with Gasteiger partial charge in [-0.2, -0.15) is 0 Å². The van der Waals surface area contributed by atoms with E-state index in [1.807, 2.05) is 0 Å². The third kappa shape index (κ3) is 3.32. The molecule has 0 amide bonds. The second kappa shape index (κ2) is 5.45. The Balaban J connectivity index is 2.47. The molecule has 0 aliphatic carbocycles. The summed E-state index contributed by atoms with van der Waals surface area (Å²) in [6.45, 7) is 0. The first-order valence-electron chi connectivity index (χ1n) is 4.09. The fourth-order valence-corrected chi connectivity index (χ4v) is 1.77. The predicted molar refractivity (Wildman–Crippen MR) is 53.8 cm³/mol. The van der Waals surface area contributed by atoms with Crippen LogP contribution in [0.5, 0.6) is 0 Å². The molecule has 0 aromatic carbocycles. The second-order valence-corrected chi connectivity index (χ2v) is 3.63. The van der Waals surface area contributed by atoms with Crippen LogP contribution in [0.3, 0.4) is 0 Å². The highest BCUT2D eigenvalue weighted by atomic mass is 32.2. The van der Waals surface area contributed by atoms with Gasteiger partial charge in [0.2, 0.25) is 5.76 Å². The standard InChI is InChI=1S/C9H10O5S/c1-13-7(10)5-15-4-6-2-3-14-8(6)9(11)12/h2-3H,4-5H2,1H3,(H,11,12). The van der Waals surface area contributed by atoms with E-state index in [9.17, 15) is 9.59 Å². The van der Waals surface area contributed by atoms with Crippen LogP contribution >= 0.6 is 11.8 Å². The molecule has 1 rings (SSSR count). The quantitative estimate of drug-likeness (QED) is 0.770. The molecule has 5 nitrogen and oxygen atoms in total. The van der Waals surface area contributed by atoms with Crippen molar-refractivity contribution in [3.63, 3.8) is 0 Å². The third-order valence-corrected chi connectivity index (χ3v) is 2.60. The second-order valence-electron chi connectivity index (χ2n) is 2.65. The number of carboxylic acids is 1. The zero-order chi connectivity index (χ0) is 11.3. The summed E-state index contributed by atoms with van der Waals surface area (Å²) < 4.78 is 9.23. The third-order valence-electron chi connectivity index (χ3n) is 1.65. The number of methoxy groups -OCH3 is 1. The Kier molecular flexibility index (Phi) is 4.23. The van der Waals surface area contributed by atoms with E-state index in [0.29, 0.717) is 11.3 Å². The van der Waals surface area contributed by atoms with E-state index >= 15 is 0 Å². The Morgan fingerprint density at radius 1 is 1.60 bits per heavy atom. The Bertz CT molecular complexity index is 357. The number of hydrogen-bond donors (Lipinski definition) is 1. The largest absolute Gasteiger partial charge is 0.475 e. The zero-order valence-electron chi connectivity index (χ0n) is 8.06. The molecule has 0 aliphatic heterocycles. The lowest BCUT2D eigenvalue weighted by atomic mass is 10.3. The molecule has 82 valence electrons. The number of ether oxygens (including phenoxy) is 1. The van der Waals surface area contributed by atoms with Crippen molar-refractivity contribution in [1.29, 1.82) is 0 Å². The lowest BCUT2D eigenvalue weighted by molar-refractivity contribution is -0.137. The minimum Gasteiger partial charge on any atom is -0.475 e. The van der Waals surface area contributed by atoms with Gasteiger partial charge in [0, 0.05) is 11.3 Å². The van der Waals surface area contributed by atoms with Crippen LogP contribution in [0, 0.1) is 0 Å². The molecule has 0 unspecified atom stereocenters. The monoisotopic (exact) mass is 230 g/mol. The molecule has 1 aromatic rings. The summed E-state index contributed by atoms with van der Waals surface area (Å²) in [5.74, 6) is -0.907. The summed E-state index contributed by atoms with van der Waals surface area (Å²) in [5.41, 5.74) is 0.566. The molecule has 0 radical (unpaired) electrons. The van der Waals surface area contributed by atoms with Gasteiger partial charge in [-0.1, -0.05) is 0 Å². The zero-order valence-corrected chi connectivity index (χ0v) is 8.87. The lowest BCUT2D eigenvalue weighted by Gasteiger charge is -1.99. The predicted octanol–water partition coefficient (Wildman–Crippen LogP) is 1.38. The fraction of sp³-hybridized carbons (Fsp3) is 0.333. The van der Waals surface area contributed by atoms with Crippen LogP contribution in [-0.4, -0.2) is 29.9 Å². The summed E-state index contributed by atoms with van der Waals surface area (Å²) in [7, 11) is 1.31. The van der Waals surface area contributed by atoms with E-state index in [4.69, 9.17) is 9.52 Å². The van der Waals surface area contributed by atoms with E-state index in [1.54, 1.807) is 6.07 Å². The highest BCUT2D eigenvalue weighted by molar-refractivity contribution is 7.99. The average molecular weight is 230 g/mol. The number of carboxylic acid groups (broad SMARTS) is 1. The van der Waals surface area contributed by atoms with Gasteiger partial charge < -0.3 is 14.3 Å². The maximum absolute atomic E-state index is 10.8. The number of thioether (sulfide) groups is 1. The molecule has 1 heterocycles. The van der Waals surface area contributed by atoms with E-state index in [2.05, 4.69) is 4.74 Å². The number of carbonyl (C=O) groups excluding carboxylic acids is 1. The van der Waals surface area contributed by atoms with Crippen molar-refractivity contribution in [3.05, 3.63) is 23.7 Å². The molecule has 0 atom stereocenters. The highest BCUT2D eigenvalue weighted by Gasteiger charge is 2.13. The van der Waals surface area contributed by atoms with Crippen molar-refractivity contribution >= 4 is 23.7 Å². The van der Waals surface area contributed by atoms with Crippen molar-refractivity contribution < 1.29 is 23.8 Å². The minimum absolute atomic E-state index is 0.0765. The first-order chi connectivity index (χ1) is 7.15. The molecule has 0 saturated heterocycles. The molecule has 0 saturated carbocycles. The smallest absolute Gasteiger partial charge is 0.372 e. The molecule has 15 heavy (non-hydrogen) atoms. The van der Waals surface area contributed by atoms with E-state index in [0.717, 1.165) is 0 Å². The first-order valence-corrected chi connectivity index (χ1v) is 5.25. The van der Waals surface area contributed by atoms with Gasteiger partial charge >= 0.3 is 11.9 Å². The number of rotatable bonds is 5. The molecule has 0 spiro atoms. The van der Waals surface area contributed by atoms with Gasteiger partial charge in [0.15, 0.2) is 0 Å². The van der Waals surface area contributed by atoms with Crippen LogP contribution in [0.4, 0.5) is 0 Å². The average Bonchev–Trinajstić information content (AvgIpc) is 2.65. The van der Waals surface area contributed by atoms with Crippen LogP contribution in [0.25, 0.3) is 0 Å². The Morgan fingerprint density at radius 2 is 2.33 bits per heavy atom. The molecule has 0 fully saturated rings. The SMILES string of the molecule is COC(=O)CSCc1ccoc1C(=O)O. The van der Waals surface area contributed by atoms with Gasteiger partial charge in [-0.25, -0.2) is 4.79 Å². The molecule has 0 aliphatic rings. The molecule has 1 N–H and O–H groups in total. The Labute approximate surface area is 90.4 Å². The van der Waals surface area contributed by atoms with Crippen LogP contribution in [-0.2, 0) is 15.3 Å². The number of furan rings is 1. The summed E-state index contributed by atoms with van der Waals surface area (Å²) in [5, 5.41) is 8.71. The van der Waals surface area contributed by atoms with Gasteiger partial charge in [0.1, 0.15) is 0 Å². The molecular formula is C9H10O5S. The van der Waals surface area contributed by atoms with Crippen LogP contribution in [0.15, 0.2) is 16.7 Å². The van der Waals surface area contributed by atoms with Crippen LogP contribution < -0.4 is 0 Å². The van der Waals surface area contributed by atoms with Gasteiger partial charge in [-0.3, -0.25) is 4.79 Å². The molecular weight excluding hydrogens is 220 g/mol. The number of hydrogen-bond acceptors (Lipinski definition) is 5. The van der Waals surface area contributed by atoms with Crippen molar-refractivity contribution in [1.82, 2.24) is 0 Å². The summed E-state index contributed by atoms with van der Waals surface area (Å²) >= 11 is 1.28. The van der Waals surface area contributed by atoms with Gasteiger partial charge in [0.05, 0.1) is 19.1 Å². The van der Waals surface area contributed by atoms with Gasteiger partial charge in [0.25, 0.3) is 0 Å². The number of esters is 1. The summed E-state index contributed by atoms with van der Waals surface area (Å²) in [6.07, 6.45) is 1.32. The highest BCUT2D eigenvalue weighted by Crippen LogP contribution is 2.17. The van der Waals surface area contributed by atoms with Crippen molar-refractivity contribution in [2.24, 2.45) is 0 Å². The van der Waals surface area contributed by atoms with E-state index < -0.39 is 5.97 Å². The van der Waals surface area contributed by atoms with Crippen molar-refractivity contribution in [2.75, 3.05) is 12.9 Å². The van der Waals surface area contributed by atoms with Crippen LogP contribution in [0.2, 0.25) is 0 Å². The van der Waals surface area contributed by atoms with Crippen LogP contribution in [0.1, 0.15) is 16.1 Å². The lowest BCUT2D eigenvalue weighted by Crippen LogP contribution is -2.04. The fourth-order valence-electron chi connectivity index (χ4n) is 0.940. The van der Waals surface area contributed by atoms with Crippen molar-refractivity contribution in [2.45, 2.75) is 5.75 Å². The Morgan fingerprint density at radius 3 is 2.93 bits per heavy atom. The van der Waals surface area contributed by atoms with E-state index in [1.165, 1.54) is 25.1 Å². The minimum atomic E-state index is -1.10. The Hall–Kier alpha value is -1.43. The summed E-state index contributed by atoms with van der Waals surface area (Å²) in [6, 6.07) is 1.58. The van der Waals surface area contributed by atoms with E-state index in [-0.39, 0.29) is 17.5 Å². The molecule has 6 heteroatoms. The first kappa shape index (κ1) is 11.6. The number of carbonyl (C=O) groups is 2. The topological polar surface area (TPSA) is 76.7 Å².